The third-order valence-corrected chi connectivity index (χ3v) is 4.07. The van der Waals surface area contributed by atoms with Crippen molar-refractivity contribution in [2.45, 2.75) is 18.5 Å². The molecule has 0 spiro atoms. The zero-order valence-electron chi connectivity index (χ0n) is 12.2. The van der Waals surface area contributed by atoms with E-state index < -0.39 is 0 Å². The van der Waals surface area contributed by atoms with Crippen LogP contribution in [0.3, 0.4) is 0 Å². The molecule has 2 atom stereocenters. The Kier molecular flexibility index (Phi) is 4.80. The van der Waals surface area contributed by atoms with Gasteiger partial charge in [0.15, 0.2) is 0 Å². The Morgan fingerprint density at radius 3 is 2.84 bits per heavy atom. The molecule has 1 aliphatic rings. The quantitative estimate of drug-likeness (QED) is 0.870. The molecule has 0 radical (unpaired) electrons. The van der Waals surface area contributed by atoms with Crippen molar-refractivity contribution < 1.29 is 4.74 Å². The second-order valence-corrected chi connectivity index (χ2v) is 5.43. The molecule has 2 rings (SSSR count). The maximum Gasteiger partial charge on any atom is 0.119 e. The predicted molar refractivity (Wildman–Crippen MR) is 78.5 cm³/mol. The molecule has 1 aromatic rings. The topological polar surface area (TPSA) is 41.7 Å². The third-order valence-electron chi connectivity index (χ3n) is 4.07. The smallest absolute Gasteiger partial charge is 0.119 e. The molecule has 1 aromatic carbocycles. The minimum Gasteiger partial charge on any atom is -0.497 e. The van der Waals surface area contributed by atoms with Crippen LogP contribution in [0, 0.1) is 0 Å². The maximum absolute atomic E-state index is 6.00. The number of rotatable bonds is 5. The first-order valence-electron chi connectivity index (χ1n) is 6.90. The van der Waals surface area contributed by atoms with Gasteiger partial charge in [0.25, 0.3) is 0 Å². The molecule has 0 saturated carbocycles. The highest BCUT2D eigenvalue weighted by molar-refractivity contribution is 5.31. The Morgan fingerprint density at radius 2 is 2.26 bits per heavy atom. The normalized spacial score (nSPS) is 21.8. The van der Waals surface area contributed by atoms with Crippen molar-refractivity contribution in [3.05, 3.63) is 29.8 Å². The van der Waals surface area contributed by atoms with Crippen LogP contribution in [0.4, 0.5) is 0 Å². The van der Waals surface area contributed by atoms with Crippen LogP contribution in [-0.2, 0) is 0 Å². The van der Waals surface area contributed by atoms with Crippen molar-refractivity contribution in [2.24, 2.45) is 5.73 Å². The summed E-state index contributed by atoms with van der Waals surface area (Å²) < 4.78 is 5.30. The summed E-state index contributed by atoms with van der Waals surface area (Å²) >= 11 is 0. The summed E-state index contributed by atoms with van der Waals surface area (Å²) in [6.07, 6.45) is 1.22. The lowest BCUT2D eigenvalue weighted by Gasteiger charge is -2.28. The zero-order chi connectivity index (χ0) is 13.8. The second kappa shape index (κ2) is 6.37. The van der Waals surface area contributed by atoms with E-state index in [2.05, 4.69) is 36.0 Å². The molecule has 1 heterocycles. The Morgan fingerprint density at radius 1 is 1.47 bits per heavy atom. The van der Waals surface area contributed by atoms with Gasteiger partial charge in [-0.2, -0.15) is 0 Å². The molecule has 1 aliphatic heterocycles. The fourth-order valence-corrected chi connectivity index (χ4v) is 2.82. The number of hydrogen-bond donors (Lipinski definition) is 1. The first kappa shape index (κ1) is 14.3. The summed E-state index contributed by atoms with van der Waals surface area (Å²) in [4.78, 5) is 4.79. The van der Waals surface area contributed by atoms with E-state index >= 15 is 0 Å². The molecule has 2 N–H and O–H groups in total. The summed E-state index contributed by atoms with van der Waals surface area (Å²) in [5, 5.41) is 0. The lowest BCUT2D eigenvalue weighted by atomic mass is 10.1. The third kappa shape index (κ3) is 3.26. The van der Waals surface area contributed by atoms with E-state index in [1.165, 1.54) is 12.0 Å². The van der Waals surface area contributed by atoms with Gasteiger partial charge in [-0.25, -0.2) is 0 Å². The van der Waals surface area contributed by atoms with Crippen molar-refractivity contribution in [2.75, 3.05) is 40.8 Å². The van der Waals surface area contributed by atoms with Crippen LogP contribution in [0.25, 0.3) is 0 Å². The second-order valence-electron chi connectivity index (χ2n) is 5.43. The number of ether oxygens (including phenoxy) is 1. The van der Waals surface area contributed by atoms with Crippen molar-refractivity contribution in [1.29, 1.82) is 0 Å². The number of nitrogens with two attached hydrogens (primary N) is 1. The molecule has 2 unspecified atom stereocenters. The lowest BCUT2D eigenvalue weighted by molar-refractivity contribution is 0.220. The van der Waals surface area contributed by atoms with Gasteiger partial charge in [0.1, 0.15) is 5.75 Å². The molecule has 4 heteroatoms. The van der Waals surface area contributed by atoms with Crippen LogP contribution in [0.15, 0.2) is 24.3 Å². The molecule has 0 aliphatic carbocycles. The average molecular weight is 263 g/mol. The summed E-state index contributed by atoms with van der Waals surface area (Å²) in [5.74, 6) is 0.902. The first-order valence-corrected chi connectivity index (χ1v) is 6.90. The average Bonchev–Trinajstić information content (AvgIpc) is 2.90. The summed E-state index contributed by atoms with van der Waals surface area (Å²) in [6, 6.07) is 9.18. The Hall–Kier alpha value is -1.10. The lowest BCUT2D eigenvalue weighted by Crippen LogP contribution is -2.36. The Labute approximate surface area is 116 Å². The number of nitrogens with zero attached hydrogens (tertiary/aromatic N) is 2. The standard InChI is InChI=1S/C15H25N3O/c1-17(2)13-7-8-18(11-13)15(10-16)12-5-4-6-14(9-12)19-3/h4-6,9,13,15H,7-8,10-11,16H2,1-3H3. The van der Waals surface area contributed by atoms with Crippen LogP contribution in [-0.4, -0.2) is 56.7 Å². The number of benzene rings is 1. The van der Waals surface area contributed by atoms with E-state index in [0.717, 1.165) is 18.8 Å². The van der Waals surface area contributed by atoms with Gasteiger partial charge in [0.05, 0.1) is 7.11 Å². The largest absolute Gasteiger partial charge is 0.497 e. The van der Waals surface area contributed by atoms with Gasteiger partial charge in [-0.05, 0) is 38.2 Å². The number of methoxy groups -OCH3 is 1. The molecule has 0 aromatic heterocycles. The molecule has 19 heavy (non-hydrogen) atoms. The SMILES string of the molecule is COc1cccc(C(CN)N2CCC(N(C)C)C2)c1. The van der Waals surface area contributed by atoms with Crippen LogP contribution in [0.1, 0.15) is 18.0 Å². The molecule has 106 valence electrons. The number of likely N-dealkylation sites (N-methyl/N-ethyl adjacent to an activating group) is 1. The minimum absolute atomic E-state index is 0.292. The first-order chi connectivity index (χ1) is 9.15. The van der Waals surface area contributed by atoms with Gasteiger partial charge < -0.3 is 15.4 Å². The summed E-state index contributed by atoms with van der Waals surface area (Å²) in [7, 11) is 6.00. The van der Waals surface area contributed by atoms with Crippen LogP contribution in [0.2, 0.25) is 0 Å². The minimum atomic E-state index is 0.292. The zero-order valence-corrected chi connectivity index (χ0v) is 12.2. The molecule has 0 amide bonds. The molecule has 1 fully saturated rings. The van der Waals surface area contributed by atoms with Crippen molar-refractivity contribution in [3.8, 4) is 5.75 Å². The van der Waals surface area contributed by atoms with E-state index in [0.29, 0.717) is 18.6 Å². The Bertz CT molecular complexity index is 408. The summed E-state index contributed by atoms with van der Waals surface area (Å²) in [5.41, 5.74) is 7.25. The van der Waals surface area contributed by atoms with E-state index in [4.69, 9.17) is 10.5 Å². The Balaban J connectivity index is 2.11. The van der Waals surface area contributed by atoms with E-state index in [1.54, 1.807) is 7.11 Å². The van der Waals surface area contributed by atoms with Gasteiger partial charge >= 0.3 is 0 Å². The van der Waals surface area contributed by atoms with E-state index in [-0.39, 0.29) is 0 Å². The fourth-order valence-electron chi connectivity index (χ4n) is 2.82. The van der Waals surface area contributed by atoms with Crippen LogP contribution >= 0.6 is 0 Å². The number of likely N-dealkylation sites (tertiary alicyclic amines) is 1. The summed E-state index contributed by atoms with van der Waals surface area (Å²) in [6.45, 7) is 2.85. The maximum atomic E-state index is 6.00. The fraction of sp³-hybridized carbons (Fsp3) is 0.600. The van der Waals surface area contributed by atoms with Crippen LogP contribution < -0.4 is 10.5 Å². The molecule has 4 nitrogen and oxygen atoms in total. The van der Waals surface area contributed by atoms with E-state index in [9.17, 15) is 0 Å². The molecule has 1 saturated heterocycles. The monoisotopic (exact) mass is 263 g/mol. The van der Waals surface area contributed by atoms with Gasteiger partial charge in [-0.15, -0.1) is 0 Å². The molecular weight excluding hydrogens is 238 g/mol. The van der Waals surface area contributed by atoms with Crippen molar-refractivity contribution >= 4 is 0 Å². The van der Waals surface area contributed by atoms with Gasteiger partial charge in [0, 0.05) is 31.7 Å². The van der Waals surface area contributed by atoms with Crippen LogP contribution in [0.5, 0.6) is 5.75 Å². The number of hydrogen-bond acceptors (Lipinski definition) is 4. The highest BCUT2D eigenvalue weighted by Gasteiger charge is 2.29. The van der Waals surface area contributed by atoms with Gasteiger partial charge in [-0.1, -0.05) is 12.1 Å². The molecule has 0 bridgehead atoms. The van der Waals surface area contributed by atoms with E-state index in [1.807, 2.05) is 12.1 Å². The van der Waals surface area contributed by atoms with Gasteiger partial charge in [0.2, 0.25) is 0 Å². The highest BCUT2D eigenvalue weighted by Crippen LogP contribution is 2.27. The van der Waals surface area contributed by atoms with Gasteiger partial charge in [-0.3, -0.25) is 4.90 Å². The molecular formula is C15H25N3O. The van der Waals surface area contributed by atoms with Crippen molar-refractivity contribution in [3.63, 3.8) is 0 Å². The highest BCUT2D eigenvalue weighted by atomic mass is 16.5. The van der Waals surface area contributed by atoms with Crippen molar-refractivity contribution in [1.82, 2.24) is 9.80 Å². The predicted octanol–water partition coefficient (Wildman–Crippen LogP) is 1.33.